The highest BCUT2D eigenvalue weighted by Crippen LogP contribution is 2.21. The molecule has 0 radical (unpaired) electrons. The highest BCUT2D eigenvalue weighted by molar-refractivity contribution is 14.1. The maximum absolute atomic E-state index is 11.9. The molecule has 0 unspecified atom stereocenters. The lowest BCUT2D eigenvalue weighted by atomic mass is 10.2. The van der Waals surface area contributed by atoms with Crippen LogP contribution in [0.5, 0.6) is 11.5 Å². The molecule has 0 saturated heterocycles. The summed E-state index contributed by atoms with van der Waals surface area (Å²) in [5, 5.41) is 6.71. The largest absolute Gasteiger partial charge is 0.457 e. The van der Waals surface area contributed by atoms with E-state index in [1.165, 1.54) is 6.21 Å². The van der Waals surface area contributed by atoms with Gasteiger partial charge in [-0.05, 0) is 76.7 Å². The molecule has 0 aliphatic rings. The van der Waals surface area contributed by atoms with Crippen LogP contribution < -0.4 is 15.5 Å². The molecule has 0 aliphatic heterocycles. The highest BCUT2D eigenvalue weighted by atomic mass is 127. The molecule has 0 atom stereocenters. The normalized spacial score (nSPS) is 10.6. The predicted molar refractivity (Wildman–Crippen MR) is 126 cm³/mol. The van der Waals surface area contributed by atoms with Gasteiger partial charge in [-0.3, -0.25) is 9.59 Å². The minimum absolute atomic E-state index is 0.0463. The monoisotopic (exact) mass is 513 g/mol. The molecule has 6 nitrogen and oxygen atoms in total. The van der Waals surface area contributed by atoms with Crippen LogP contribution >= 0.6 is 22.6 Å². The Morgan fingerprint density at radius 2 is 1.57 bits per heavy atom. The van der Waals surface area contributed by atoms with Crippen molar-refractivity contribution in [2.75, 3.05) is 5.32 Å². The quantitative estimate of drug-likeness (QED) is 0.254. The van der Waals surface area contributed by atoms with Crippen LogP contribution in [-0.4, -0.2) is 18.0 Å². The SMILES string of the molecule is O=C(CCC(=O)Nc1ccc(I)cc1)NN=Cc1cccc(Oc2ccccc2)c1. The zero-order valence-electron chi connectivity index (χ0n) is 16.0. The van der Waals surface area contributed by atoms with Crippen LogP contribution in [-0.2, 0) is 9.59 Å². The first-order chi connectivity index (χ1) is 14.6. The van der Waals surface area contributed by atoms with Crippen LogP contribution in [0.2, 0.25) is 0 Å². The molecule has 0 fully saturated rings. The molecule has 3 rings (SSSR count). The minimum Gasteiger partial charge on any atom is -0.457 e. The fourth-order valence-electron chi connectivity index (χ4n) is 2.50. The summed E-state index contributed by atoms with van der Waals surface area (Å²) < 4.78 is 6.86. The van der Waals surface area contributed by atoms with Crippen molar-refractivity contribution in [2.24, 2.45) is 5.10 Å². The Labute approximate surface area is 188 Å². The van der Waals surface area contributed by atoms with Crippen LogP contribution in [0.15, 0.2) is 84.0 Å². The maximum Gasteiger partial charge on any atom is 0.240 e. The second kappa shape index (κ2) is 11.1. The van der Waals surface area contributed by atoms with Crippen LogP contribution in [0.4, 0.5) is 5.69 Å². The molecule has 0 heterocycles. The van der Waals surface area contributed by atoms with Gasteiger partial charge in [-0.25, -0.2) is 5.43 Å². The van der Waals surface area contributed by atoms with Crippen LogP contribution in [0, 0.1) is 3.57 Å². The van der Waals surface area contributed by atoms with Gasteiger partial charge in [-0.15, -0.1) is 0 Å². The average Bonchev–Trinajstić information content (AvgIpc) is 2.75. The van der Waals surface area contributed by atoms with Crippen molar-refractivity contribution in [2.45, 2.75) is 12.8 Å². The summed E-state index contributed by atoms with van der Waals surface area (Å²) >= 11 is 2.19. The first-order valence-corrected chi connectivity index (χ1v) is 10.4. The lowest BCUT2D eigenvalue weighted by Crippen LogP contribution is -2.20. The van der Waals surface area contributed by atoms with Gasteiger partial charge >= 0.3 is 0 Å². The molecule has 0 bridgehead atoms. The molecule has 0 spiro atoms. The third kappa shape index (κ3) is 7.32. The first-order valence-electron chi connectivity index (χ1n) is 9.29. The van der Waals surface area contributed by atoms with Gasteiger partial charge in [0.1, 0.15) is 11.5 Å². The van der Waals surface area contributed by atoms with E-state index in [0.29, 0.717) is 11.4 Å². The zero-order chi connectivity index (χ0) is 21.2. The Kier molecular flexibility index (Phi) is 7.96. The first kappa shape index (κ1) is 21.5. The van der Waals surface area contributed by atoms with Crippen molar-refractivity contribution in [1.82, 2.24) is 5.43 Å². The Balaban J connectivity index is 1.43. The Bertz CT molecular complexity index is 1020. The van der Waals surface area contributed by atoms with Gasteiger partial charge < -0.3 is 10.1 Å². The van der Waals surface area contributed by atoms with Crippen molar-refractivity contribution < 1.29 is 14.3 Å². The Morgan fingerprint density at radius 3 is 2.33 bits per heavy atom. The summed E-state index contributed by atoms with van der Waals surface area (Å²) in [5.74, 6) is 0.856. The van der Waals surface area contributed by atoms with Gasteiger partial charge in [0.05, 0.1) is 6.21 Å². The van der Waals surface area contributed by atoms with E-state index in [-0.39, 0.29) is 24.7 Å². The van der Waals surface area contributed by atoms with Crippen LogP contribution in [0.1, 0.15) is 18.4 Å². The number of carbonyl (C=O) groups excluding carboxylic acids is 2. The summed E-state index contributed by atoms with van der Waals surface area (Å²) in [6.07, 6.45) is 1.65. The predicted octanol–water partition coefficient (Wildman–Crippen LogP) is 4.95. The number of hydrazone groups is 1. The molecular formula is C23H20IN3O3. The standard InChI is InChI=1S/C23H20IN3O3/c24-18-9-11-19(12-10-18)26-22(28)13-14-23(29)27-25-16-17-5-4-8-21(15-17)30-20-6-2-1-3-7-20/h1-12,15-16H,13-14H2,(H,26,28)(H,27,29). The number of nitrogens with zero attached hydrogens (tertiary/aromatic N) is 1. The number of nitrogens with one attached hydrogen (secondary N) is 2. The van der Waals surface area contributed by atoms with Crippen molar-refractivity contribution in [3.8, 4) is 11.5 Å². The van der Waals surface area contributed by atoms with Crippen molar-refractivity contribution in [3.05, 3.63) is 88.0 Å². The van der Waals surface area contributed by atoms with Gasteiger partial charge in [-0.2, -0.15) is 5.10 Å². The zero-order valence-corrected chi connectivity index (χ0v) is 18.2. The second-order valence-electron chi connectivity index (χ2n) is 6.34. The molecule has 152 valence electrons. The summed E-state index contributed by atoms with van der Waals surface area (Å²) in [7, 11) is 0. The molecule has 2 amide bonds. The van der Waals surface area contributed by atoms with Gasteiger partial charge in [0.15, 0.2) is 0 Å². The third-order valence-electron chi connectivity index (χ3n) is 3.95. The number of carbonyl (C=O) groups is 2. The average molecular weight is 513 g/mol. The van der Waals surface area contributed by atoms with E-state index in [4.69, 9.17) is 4.74 Å². The third-order valence-corrected chi connectivity index (χ3v) is 4.67. The molecule has 3 aromatic rings. The van der Waals surface area contributed by atoms with E-state index in [1.807, 2.05) is 78.9 Å². The van der Waals surface area contributed by atoms with Gasteiger partial charge in [0, 0.05) is 22.1 Å². The summed E-state index contributed by atoms with van der Waals surface area (Å²) in [6.45, 7) is 0. The van der Waals surface area contributed by atoms with Crippen LogP contribution in [0.3, 0.4) is 0 Å². The summed E-state index contributed by atoms with van der Waals surface area (Å²) in [6, 6.07) is 24.3. The van der Waals surface area contributed by atoms with Gasteiger partial charge in [0.25, 0.3) is 0 Å². The van der Waals surface area contributed by atoms with Gasteiger partial charge in [-0.1, -0.05) is 30.3 Å². The molecule has 0 aliphatic carbocycles. The summed E-state index contributed by atoms with van der Waals surface area (Å²) in [5.41, 5.74) is 3.92. The number of para-hydroxylation sites is 1. The van der Waals surface area contributed by atoms with Crippen LogP contribution in [0.25, 0.3) is 0 Å². The fourth-order valence-corrected chi connectivity index (χ4v) is 2.86. The topological polar surface area (TPSA) is 79.8 Å². The van der Waals surface area contributed by atoms with Gasteiger partial charge in [0.2, 0.25) is 11.8 Å². The Hall–Kier alpha value is -3.20. The summed E-state index contributed by atoms with van der Waals surface area (Å²) in [4.78, 5) is 23.9. The minimum atomic E-state index is -0.333. The van der Waals surface area contributed by atoms with E-state index in [2.05, 4.69) is 38.4 Å². The number of amides is 2. The van der Waals surface area contributed by atoms with Crippen molar-refractivity contribution in [3.63, 3.8) is 0 Å². The number of benzene rings is 3. The maximum atomic E-state index is 11.9. The van der Waals surface area contributed by atoms with E-state index in [1.54, 1.807) is 0 Å². The number of halogens is 1. The van der Waals surface area contributed by atoms with Crippen molar-refractivity contribution in [1.29, 1.82) is 0 Å². The number of hydrogen-bond acceptors (Lipinski definition) is 4. The molecule has 0 aromatic heterocycles. The lowest BCUT2D eigenvalue weighted by molar-refractivity contribution is -0.124. The molecular weight excluding hydrogens is 493 g/mol. The number of anilines is 1. The Morgan fingerprint density at radius 1 is 0.867 bits per heavy atom. The molecule has 0 saturated carbocycles. The number of rotatable bonds is 8. The van der Waals surface area contributed by atoms with E-state index in [9.17, 15) is 9.59 Å². The van der Waals surface area contributed by atoms with E-state index in [0.717, 1.165) is 14.9 Å². The highest BCUT2D eigenvalue weighted by Gasteiger charge is 2.07. The molecule has 30 heavy (non-hydrogen) atoms. The molecule has 3 aromatic carbocycles. The van der Waals surface area contributed by atoms with Crippen molar-refractivity contribution >= 4 is 46.3 Å². The smallest absolute Gasteiger partial charge is 0.240 e. The fraction of sp³-hybridized carbons (Fsp3) is 0.0870. The lowest BCUT2D eigenvalue weighted by Gasteiger charge is -2.06. The number of ether oxygens (including phenoxy) is 1. The molecule has 2 N–H and O–H groups in total. The van der Waals surface area contributed by atoms with E-state index >= 15 is 0 Å². The van der Waals surface area contributed by atoms with E-state index < -0.39 is 0 Å². The molecule has 7 heteroatoms. The second-order valence-corrected chi connectivity index (χ2v) is 7.58. The number of hydrogen-bond donors (Lipinski definition) is 2.